The number of aliphatic hydroxyl groups excluding tert-OH is 4. The second-order valence-corrected chi connectivity index (χ2v) is 3.16. The molecule has 0 bridgehead atoms. The van der Waals surface area contributed by atoms with Gasteiger partial charge in [-0.05, 0) is 0 Å². The van der Waals surface area contributed by atoms with Crippen LogP contribution in [-0.4, -0.2) is 64.1 Å². The zero-order chi connectivity index (χ0) is 10.0. The molecule has 78 valence electrons. The average molecular weight is 194 g/mol. The third-order valence-corrected chi connectivity index (χ3v) is 2.28. The van der Waals surface area contributed by atoms with Crippen LogP contribution >= 0.6 is 0 Å². The zero-order valence-corrected chi connectivity index (χ0v) is 7.21. The summed E-state index contributed by atoms with van der Waals surface area (Å²) in [5, 5.41) is 36.8. The second kappa shape index (κ2) is 4.32. The molecule has 0 saturated carbocycles. The van der Waals surface area contributed by atoms with Crippen LogP contribution in [0.3, 0.4) is 0 Å². The summed E-state index contributed by atoms with van der Waals surface area (Å²) in [6.07, 6.45) is -5.14. The van der Waals surface area contributed by atoms with Crippen LogP contribution in [0.5, 0.6) is 0 Å². The molecule has 4 unspecified atom stereocenters. The van der Waals surface area contributed by atoms with E-state index >= 15 is 0 Å². The van der Waals surface area contributed by atoms with Gasteiger partial charge in [-0.15, -0.1) is 0 Å². The van der Waals surface area contributed by atoms with Gasteiger partial charge in [0.1, 0.15) is 37.1 Å². The average Bonchev–Trinajstić information content (AvgIpc) is 2.15. The van der Waals surface area contributed by atoms with Gasteiger partial charge in [-0.25, -0.2) is 0 Å². The molecule has 0 aliphatic carbocycles. The first-order valence-corrected chi connectivity index (χ1v) is 4.21. The van der Waals surface area contributed by atoms with Crippen molar-refractivity contribution in [2.75, 3.05) is 13.2 Å². The highest BCUT2D eigenvalue weighted by Gasteiger charge is 2.43. The molecule has 1 heterocycles. The largest absolute Gasteiger partial charge is 0.394 e. The molecule has 0 radical (unpaired) electrons. The number of hydrogen-bond acceptors (Lipinski definition) is 5. The van der Waals surface area contributed by atoms with Gasteiger partial charge in [-0.1, -0.05) is 0 Å². The Morgan fingerprint density at radius 3 is 2.00 bits per heavy atom. The Morgan fingerprint density at radius 2 is 1.54 bits per heavy atom. The lowest BCUT2D eigenvalue weighted by atomic mass is 9.95. The van der Waals surface area contributed by atoms with Gasteiger partial charge in [0.05, 0.1) is 6.61 Å². The van der Waals surface area contributed by atoms with Gasteiger partial charge in [0.2, 0.25) is 0 Å². The summed E-state index contributed by atoms with van der Waals surface area (Å²) in [6, 6.07) is 0. The van der Waals surface area contributed by atoms with E-state index in [1.807, 2.05) is 0 Å². The van der Waals surface area contributed by atoms with Crippen LogP contribution in [0.1, 0.15) is 0 Å². The molecular weight excluding hydrogens is 178 g/mol. The quantitative estimate of drug-likeness (QED) is 0.308. The van der Waals surface area contributed by atoms with E-state index in [0.29, 0.717) is 0 Å². The highest BCUT2D eigenvalue weighted by atomic mass is 16.5. The fourth-order valence-corrected chi connectivity index (χ4v) is 1.42. The summed E-state index contributed by atoms with van der Waals surface area (Å²) in [5.41, 5.74) is 3.53. The van der Waals surface area contributed by atoms with Gasteiger partial charge in [0.15, 0.2) is 0 Å². The summed E-state index contributed by atoms with van der Waals surface area (Å²) < 4.78 is 5.11. The molecule has 13 heavy (non-hydrogen) atoms. The first-order chi connectivity index (χ1) is 6.11. The summed E-state index contributed by atoms with van der Waals surface area (Å²) in [4.78, 5) is 0. The van der Waals surface area contributed by atoms with Crippen molar-refractivity contribution in [3.05, 3.63) is 0 Å². The van der Waals surface area contributed by atoms with E-state index < -0.39 is 30.5 Å². The van der Waals surface area contributed by atoms with Crippen LogP contribution in [0.25, 0.3) is 0 Å². The molecule has 1 aliphatic heterocycles. The maximum Gasteiger partial charge on any atom is 0.135 e. The molecule has 1 rings (SSSR count). The van der Waals surface area contributed by atoms with Crippen molar-refractivity contribution in [1.82, 2.24) is 0 Å². The first kappa shape index (κ1) is 10.8. The van der Waals surface area contributed by atoms with Gasteiger partial charge in [-0.3, -0.25) is 0 Å². The monoisotopic (exact) mass is 194 g/mol. The lowest BCUT2D eigenvalue weighted by Crippen LogP contribution is -2.67. The molecule has 1 fully saturated rings. The maximum absolute atomic E-state index is 9.36. The van der Waals surface area contributed by atoms with Crippen LogP contribution in [0.2, 0.25) is 0 Å². The molecule has 5 atom stereocenters. The molecule has 0 amide bonds. The van der Waals surface area contributed by atoms with E-state index in [0.717, 1.165) is 0 Å². The maximum atomic E-state index is 9.36. The third-order valence-electron chi connectivity index (χ3n) is 2.28. The smallest absolute Gasteiger partial charge is 0.135 e. The third kappa shape index (κ3) is 1.98. The predicted octanol–water partition coefficient (Wildman–Crippen LogP) is -3.93. The molecule has 1 aliphatic rings. The number of rotatable bonds is 2. The second-order valence-electron chi connectivity index (χ2n) is 3.16. The highest BCUT2D eigenvalue weighted by molar-refractivity contribution is 4.91. The lowest BCUT2D eigenvalue weighted by Gasteiger charge is -2.38. The van der Waals surface area contributed by atoms with Crippen molar-refractivity contribution in [2.45, 2.75) is 30.5 Å². The standard InChI is InChI=1S/C7H15NO5/c8-1-3-5(10)7(12)6(11)4(2-9)13-3/h3-7,9-12H,1-2,8H2/p+1/t3-,4?,5?,6?,7?/m0/s1. The zero-order valence-electron chi connectivity index (χ0n) is 7.21. The van der Waals surface area contributed by atoms with Crippen LogP contribution in [-0.2, 0) is 4.74 Å². The van der Waals surface area contributed by atoms with Crippen LogP contribution < -0.4 is 5.73 Å². The Balaban J connectivity index is 2.66. The number of aliphatic hydroxyl groups is 4. The molecule has 1 saturated heterocycles. The molecule has 7 N–H and O–H groups in total. The minimum Gasteiger partial charge on any atom is -0.394 e. The van der Waals surface area contributed by atoms with Crippen molar-refractivity contribution in [2.24, 2.45) is 0 Å². The van der Waals surface area contributed by atoms with Crippen molar-refractivity contribution < 1.29 is 30.9 Å². The highest BCUT2D eigenvalue weighted by Crippen LogP contribution is 2.19. The number of quaternary nitrogens is 1. The van der Waals surface area contributed by atoms with Gasteiger partial charge in [-0.2, -0.15) is 0 Å². The normalized spacial score (nSPS) is 46.4. The molecule has 6 nitrogen and oxygen atoms in total. The van der Waals surface area contributed by atoms with Gasteiger partial charge < -0.3 is 30.9 Å². The predicted molar refractivity (Wildman–Crippen MR) is 41.5 cm³/mol. The van der Waals surface area contributed by atoms with Crippen molar-refractivity contribution in [1.29, 1.82) is 0 Å². The lowest BCUT2D eigenvalue weighted by molar-refractivity contribution is -0.403. The van der Waals surface area contributed by atoms with Crippen LogP contribution in [0.4, 0.5) is 0 Å². The van der Waals surface area contributed by atoms with Crippen molar-refractivity contribution in [3.8, 4) is 0 Å². The molecule has 0 aromatic rings. The van der Waals surface area contributed by atoms with Crippen molar-refractivity contribution in [3.63, 3.8) is 0 Å². The summed E-state index contributed by atoms with van der Waals surface area (Å²) in [7, 11) is 0. The fourth-order valence-electron chi connectivity index (χ4n) is 1.42. The SMILES string of the molecule is [NH3+]C[C@@H]1OC(CO)C(O)C(O)C1O. The Morgan fingerprint density at radius 1 is 1.00 bits per heavy atom. The van der Waals surface area contributed by atoms with Gasteiger partial charge in [0.25, 0.3) is 0 Å². The number of ether oxygens (including phenoxy) is 1. The van der Waals surface area contributed by atoms with E-state index in [9.17, 15) is 15.3 Å². The van der Waals surface area contributed by atoms with Crippen molar-refractivity contribution >= 4 is 0 Å². The Labute approximate surface area is 75.6 Å². The summed E-state index contributed by atoms with van der Waals surface area (Å²) in [6.45, 7) is -0.108. The molecule has 0 aromatic carbocycles. The van der Waals surface area contributed by atoms with Gasteiger partial charge >= 0.3 is 0 Å². The minimum atomic E-state index is -1.28. The van der Waals surface area contributed by atoms with E-state index in [-0.39, 0.29) is 13.2 Å². The molecule has 0 aromatic heterocycles. The van der Waals surface area contributed by atoms with E-state index in [1.165, 1.54) is 0 Å². The topological polar surface area (TPSA) is 118 Å². The Hall–Kier alpha value is -0.240. The Bertz CT molecular complexity index is 147. The minimum absolute atomic E-state index is 0.279. The fraction of sp³-hybridized carbons (Fsp3) is 1.00. The van der Waals surface area contributed by atoms with E-state index in [2.05, 4.69) is 5.73 Å². The van der Waals surface area contributed by atoms with Gasteiger partial charge in [0, 0.05) is 0 Å². The molecule has 6 heteroatoms. The summed E-state index contributed by atoms with van der Waals surface area (Å²) in [5.74, 6) is 0. The number of hydrogen-bond donors (Lipinski definition) is 5. The molecular formula is C7H16NO5+. The van der Waals surface area contributed by atoms with E-state index in [4.69, 9.17) is 9.84 Å². The van der Waals surface area contributed by atoms with Crippen LogP contribution in [0.15, 0.2) is 0 Å². The molecule has 0 spiro atoms. The van der Waals surface area contributed by atoms with E-state index in [1.54, 1.807) is 0 Å². The van der Waals surface area contributed by atoms with Crippen LogP contribution in [0, 0.1) is 0 Å². The Kier molecular flexibility index (Phi) is 3.60. The summed E-state index contributed by atoms with van der Waals surface area (Å²) >= 11 is 0. The first-order valence-electron chi connectivity index (χ1n) is 4.21.